The molecule has 0 aromatic carbocycles. The third kappa shape index (κ3) is 2.44. The van der Waals surface area contributed by atoms with Crippen LogP contribution in [0.2, 0.25) is 0 Å². The first-order chi connectivity index (χ1) is 6.09. The number of aliphatic hydroxyl groups is 1. The summed E-state index contributed by atoms with van der Waals surface area (Å²) in [6.45, 7) is 7.89. The van der Waals surface area contributed by atoms with Crippen LogP contribution in [0.15, 0.2) is 0 Å². The van der Waals surface area contributed by atoms with Crippen LogP contribution in [0.3, 0.4) is 0 Å². The number of rotatable bonds is 3. The summed E-state index contributed by atoms with van der Waals surface area (Å²) in [5, 5.41) is 10.4. The SMILES string of the molecule is CCC(C)C(C)(O)C1CCOCC1. The predicted octanol–water partition coefficient (Wildman–Crippen LogP) is 2.21. The molecule has 0 saturated carbocycles. The average molecular weight is 186 g/mol. The van der Waals surface area contributed by atoms with Crippen molar-refractivity contribution in [2.24, 2.45) is 11.8 Å². The zero-order chi connectivity index (χ0) is 9.90. The maximum Gasteiger partial charge on any atom is 0.0674 e. The Bertz CT molecular complexity index is 148. The number of hydrogen-bond donors (Lipinski definition) is 1. The van der Waals surface area contributed by atoms with Crippen molar-refractivity contribution in [3.8, 4) is 0 Å². The lowest BCUT2D eigenvalue weighted by molar-refractivity contribution is -0.0864. The fraction of sp³-hybridized carbons (Fsp3) is 1.00. The van der Waals surface area contributed by atoms with E-state index in [1.807, 2.05) is 6.92 Å². The van der Waals surface area contributed by atoms with E-state index in [2.05, 4.69) is 13.8 Å². The highest BCUT2D eigenvalue weighted by molar-refractivity contribution is 4.87. The van der Waals surface area contributed by atoms with Crippen molar-refractivity contribution >= 4 is 0 Å². The molecule has 78 valence electrons. The molecule has 1 aliphatic heterocycles. The summed E-state index contributed by atoms with van der Waals surface area (Å²) in [5.41, 5.74) is -0.501. The van der Waals surface area contributed by atoms with Crippen LogP contribution < -0.4 is 0 Å². The molecule has 13 heavy (non-hydrogen) atoms. The van der Waals surface area contributed by atoms with Crippen LogP contribution in [0.25, 0.3) is 0 Å². The van der Waals surface area contributed by atoms with Crippen molar-refractivity contribution in [2.45, 2.75) is 45.6 Å². The van der Waals surface area contributed by atoms with Gasteiger partial charge in [0.2, 0.25) is 0 Å². The Balaban J connectivity index is 2.55. The van der Waals surface area contributed by atoms with E-state index in [0.717, 1.165) is 32.5 Å². The largest absolute Gasteiger partial charge is 0.390 e. The molecule has 0 radical (unpaired) electrons. The highest BCUT2D eigenvalue weighted by Gasteiger charge is 2.36. The molecule has 0 amide bonds. The summed E-state index contributed by atoms with van der Waals surface area (Å²) < 4.78 is 5.30. The maximum atomic E-state index is 10.4. The maximum absolute atomic E-state index is 10.4. The molecule has 0 bridgehead atoms. The molecule has 0 aliphatic carbocycles. The molecule has 1 rings (SSSR count). The summed E-state index contributed by atoms with van der Waals surface area (Å²) in [6.07, 6.45) is 3.07. The zero-order valence-electron chi connectivity index (χ0n) is 9.05. The van der Waals surface area contributed by atoms with Crippen LogP contribution >= 0.6 is 0 Å². The molecule has 1 fully saturated rings. The Kier molecular flexibility index (Phi) is 3.74. The predicted molar refractivity (Wildman–Crippen MR) is 53.6 cm³/mol. The first kappa shape index (κ1) is 11.0. The Morgan fingerprint density at radius 3 is 2.46 bits per heavy atom. The van der Waals surface area contributed by atoms with E-state index in [1.54, 1.807) is 0 Å². The molecule has 2 unspecified atom stereocenters. The van der Waals surface area contributed by atoms with Crippen LogP contribution in [-0.2, 0) is 4.74 Å². The van der Waals surface area contributed by atoms with Crippen molar-refractivity contribution in [2.75, 3.05) is 13.2 Å². The van der Waals surface area contributed by atoms with Gasteiger partial charge in [0.05, 0.1) is 5.60 Å². The Morgan fingerprint density at radius 2 is 2.00 bits per heavy atom. The molecule has 2 nitrogen and oxygen atoms in total. The quantitative estimate of drug-likeness (QED) is 0.732. The van der Waals surface area contributed by atoms with E-state index in [9.17, 15) is 5.11 Å². The Labute approximate surface area is 81.3 Å². The van der Waals surface area contributed by atoms with Gasteiger partial charge in [0.1, 0.15) is 0 Å². The second-order valence-electron chi connectivity index (χ2n) is 4.42. The van der Waals surface area contributed by atoms with Crippen LogP contribution in [0.1, 0.15) is 40.0 Å². The van der Waals surface area contributed by atoms with Crippen LogP contribution in [0, 0.1) is 11.8 Å². The summed E-state index contributed by atoms with van der Waals surface area (Å²) in [5.74, 6) is 0.812. The lowest BCUT2D eigenvalue weighted by atomic mass is 9.74. The van der Waals surface area contributed by atoms with Crippen LogP contribution in [0.4, 0.5) is 0 Å². The molecule has 1 aliphatic rings. The highest BCUT2D eigenvalue weighted by Crippen LogP contribution is 2.34. The molecule has 2 heteroatoms. The van der Waals surface area contributed by atoms with Crippen molar-refractivity contribution in [3.63, 3.8) is 0 Å². The molecular weight excluding hydrogens is 164 g/mol. The van der Waals surface area contributed by atoms with Crippen molar-refractivity contribution in [3.05, 3.63) is 0 Å². The van der Waals surface area contributed by atoms with Gasteiger partial charge in [-0.05, 0) is 31.6 Å². The smallest absolute Gasteiger partial charge is 0.0674 e. The van der Waals surface area contributed by atoms with Gasteiger partial charge in [-0.1, -0.05) is 20.3 Å². The van der Waals surface area contributed by atoms with Gasteiger partial charge in [-0.25, -0.2) is 0 Å². The van der Waals surface area contributed by atoms with Gasteiger partial charge in [-0.2, -0.15) is 0 Å². The summed E-state index contributed by atoms with van der Waals surface area (Å²) in [4.78, 5) is 0. The first-order valence-electron chi connectivity index (χ1n) is 5.39. The number of hydrogen-bond acceptors (Lipinski definition) is 2. The molecule has 0 aromatic heterocycles. The zero-order valence-corrected chi connectivity index (χ0v) is 9.05. The van der Waals surface area contributed by atoms with Gasteiger partial charge in [-0.3, -0.25) is 0 Å². The molecule has 0 aromatic rings. The van der Waals surface area contributed by atoms with Gasteiger partial charge < -0.3 is 9.84 Å². The number of ether oxygens (including phenoxy) is 1. The van der Waals surface area contributed by atoms with Gasteiger partial charge in [0.15, 0.2) is 0 Å². The standard InChI is InChI=1S/C11H22O2/c1-4-9(2)11(3,12)10-5-7-13-8-6-10/h9-10,12H,4-8H2,1-3H3. The second-order valence-corrected chi connectivity index (χ2v) is 4.42. The summed E-state index contributed by atoms with van der Waals surface area (Å²) in [6, 6.07) is 0. The van der Waals surface area contributed by atoms with Gasteiger partial charge in [0, 0.05) is 13.2 Å². The van der Waals surface area contributed by atoms with E-state index in [0.29, 0.717) is 11.8 Å². The summed E-state index contributed by atoms with van der Waals surface area (Å²) >= 11 is 0. The minimum absolute atomic E-state index is 0.385. The lowest BCUT2D eigenvalue weighted by Gasteiger charge is -2.39. The molecule has 1 heterocycles. The molecule has 2 atom stereocenters. The van der Waals surface area contributed by atoms with Crippen molar-refractivity contribution in [1.82, 2.24) is 0 Å². The molecule has 1 N–H and O–H groups in total. The lowest BCUT2D eigenvalue weighted by Crippen LogP contribution is -2.43. The monoisotopic (exact) mass is 186 g/mol. The minimum atomic E-state index is -0.501. The van der Waals surface area contributed by atoms with Crippen molar-refractivity contribution < 1.29 is 9.84 Å². The normalized spacial score (nSPS) is 26.8. The van der Waals surface area contributed by atoms with E-state index >= 15 is 0 Å². The van der Waals surface area contributed by atoms with Crippen LogP contribution in [0.5, 0.6) is 0 Å². The molecular formula is C11H22O2. The van der Waals surface area contributed by atoms with Crippen molar-refractivity contribution in [1.29, 1.82) is 0 Å². The van der Waals surface area contributed by atoms with E-state index in [1.165, 1.54) is 0 Å². The van der Waals surface area contributed by atoms with E-state index in [-0.39, 0.29) is 0 Å². The highest BCUT2D eigenvalue weighted by atomic mass is 16.5. The third-order valence-corrected chi connectivity index (χ3v) is 3.66. The second kappa shape index (κ2) is 4.43. The van der Waals surface area contributed by atoms with Gasteiger partial charge in [0.25, 0.3) is 0 Å². The molecule has 1 saturated heterocycles. The summed E-state index contributed by atoms with van der Waals surface area (Å²) in [7, 11) is 0. The molecule has 0 spiro atoms. The Hall–Kier alpha value is -0.0800. The minimum Gasteiger partial charge on any atom is -0.390 e. The fourth-order valence-corrected chi connectivity index (χ4v) is 2.10. The average Bonchev–Trinajstić information content (AvgIpc) is 2.18. The van der Waals surface area contributed by atoms with Gasteiger partial charge in [-0.15, -0.1) is 0 Å². The van der Waals surface area contributed by atoms with Gasteiger partial charge >= 0.3 is 0 Å². The fourth-order valence-electron chi connectivity index (χ4n) is 2.10. The first-order valence-corrected chi connectivity index (χ1v) is 5.39. The third-order valence-electron chi connectivity index (χ3n) is 3.66. The van der Waals surface area contributed by atoms with Crippen LogP contribution in [-0.4, -0.2) is 23.9 Å². The Morgan fingerprint density at radius 1 is 1.46 bits per heavy atom. The van der Waals surface area contributed by atoms with E-state index in [4.69, 9.17) is 4.74 Å². The van der Waals surface area contributed by atoms with E-state index < -0.39 is 5.60 Å². The topological polar surface area (TPSA) is 29.5 Å².